The van der Waals surface area contributed by atoms with E-state index in [0.29, 0.717) is 25.0 Å². The van der Waals surface area contributed by atoms with E-state index >= 15 is 0 Å². The van der Waals surface area contributed by atoms with Gasteiger partial charge >= 0.3 is 5.97 Å². The minimum absolute atomic E-state index is 0.0328. The van der Waals surface area contributed by atoms with E-state index in [1.165, 1.54) is 0 Å². The van der Waals surface area contributed by atoms with Gasteiger partial charge in [0.25, 0.3) is 0 Å². The van der Waals surface area contributed by atoms with Crippen molar-refractivity contribution in [2.75, 3.05) is 5.75 Å². The second kappa shape index (κ2) is 12.5. The topological polar surface area (TPSA) is 98.0 Å². The van der Waals surface area contributed by atoms with Gasteiger partial charge in [-0.3, -0.25) is 4.79 Å². The summed E-state index contributed by atoms with van der Waals surface area (Å²) in [5, 5.41) is 39.6. The molecule has 1 aliphatic rings. The molecule has 158 valence electrons. The Morgan fingerprint density at radius 1 is 1.00 bits per heavy atom. The highest BCUT2D eigenvalue weighted by Gasteiger charge is 2.40. The van der Waals surface area contributed by atoms with E-state index in [1.807, 2.05) is 30.3 Å². The SMILES string of the molecule is O=C(O)CCCCCCC1C(O)CC(O)[C@@H]1CCC(O)CSc1ccccc1. The molecule has 0 radical (unpaired) electrons. The number of aliphatic hydroxyl groups excluding tert-OH is 3. The van der Waals surface area contributed by atoms with E-state index in [-0.39, 0.29) is 18.3 Å². The van der Waals surface area contributed by atoms with E-state index < -0.39 is 24.3 Å². The zero-order valence-corrected chi connectivity index (χ0v) is 17.3. The Hall–Kier alpha value is -1.08. The van der Waals surface area contributed by atoms with Crippen LogP contribution in [0.15, 0.2) is 35.2 Å². The maximum absolute atomic E-state index is 10.5. The lowest BCUT2D eigenvalue weighted by molar-refractivity contribution is -0.137. The average Bonchev–Trinajstić information content (AvgIpc) is 2.94. The first-order chi connectivity index (χ1) is 13.5. The first kappa shape index (κ1) is 23.2. The summed E-state index contributed by atoms with van der Waals surface area (Å²) in [6.45, 7) is 0. The van der Waals surface area contributed by atoms with Crippen molar-refractivity contribution in [1.29, 1.82) is 0 Å². The minimum atomic E-state index is -0.751. The fourth-order valence-corrected chi connectivity index (χ4v) is 5.07. The number of benzene rings is 1. The summed E-state index contributed by atoms with van der Waals surface area (Å²) in [6.07, 6.45) is 4.91. The van der Waals surface area contributed by atoms with Gasteiger partial charge in [-0.2, -0.15) is 0 Å². The van der Waals surface area contributed by atoms with Gasteiger partial charge in [0.05, 0.1) is 18.3 Å². The molecular weight excluding hydrogens is 376 g/mol. The van der Waals surface area contributed by atoms with Gasteiger partial charge in [-0.15, -0.1) is 11.8 Å². The van der Waals surface area contributed by atoms with E-state index in [1.54, 1.807) is 11.8 Å². The molecule has 5 nitrogen and oxygen atoms in total. The van der Waals surface area contributed by atoms with Crippen LogP contribution < -0.4 is 0 Å². The third-order valence-corrected chi connectivity index (χ3v) is 6.88. The monoisotopic (exact) mass is 410 g/mol. The van der Waals surface area contributed by atoms with E-state index in [2.05, 4.69) is 0 Å². The summed E-state index contributed by atoms with van der Waals surface area (Å²) < 4.78 is 0. The third kappa shape index (κ3) is 8.11. The summed E-state index contributed by atoms with van der Waals surface area (Å²) in [5.41, 5.74) is 0. The number of carboxylic acid groups (broad SMARTS) is 1. The molecule has 1 saturated carbocycles. The quantitative estimate of drug-likeness (QED) is 0.292. The predicted molar refractivity (Wildman–Crippen MR) is 111 cm³/mol. The smallest absolute Gasteiger partial charge is 0.303 e. The van der Waals surface area contributed by atoms with Crippen molar-refractivity contribution in [3.63, 3.8) is 0 Å². The number of carbonyl (C=O) groups is 1. The third-order valence-electron chi connectivity index (χ3n) is 5.72. The second-order valence-electron chi connectivity index (χ2n) is 7.90. The lowest BCUT2D eigenvalue weighted by Gasteiger charge is -2.24. The normalized spacial score (nSPS) is 25.7. The van der Waals surface area contributed by atoms with Crippen molar-refractivity contribution in [2.24, 2.45) is 11.8 Å². The molecule has 0 bridgehead atoms. The Labute approximate surface area is 172 Å². The van der Waals surface area contributed by atoms with Gasteiger partial charge in [-0.25, -0.2) is 0 Å². The van der Waals surface area contributed by atoms with E-state index in [4.69, 9.17) is 5.11 Å². The van der Waals surface area contributed by atoms with Gasteiger partial charge in [0.15, 0.2) is 0 Å². The molecule has 0 aromatic heterocycles. The maximum Gasteiger partial charge on any atom is 0.303 e. The van der Waals surface area contributed by atoms with Gasteiger partial charge < -0.3 is 20.4 Å². The van der Waals surface area contributed by atoms with Crippen molar-refractivity contribution < 1.29 is 25.2 Å². The highest BCUT2D eigenvalue weighted by atomic mass is 32.2. The lowest BCUT2D eigenvalue weighted by atomic mass is 9.85. The van der Waals surface area contributed by atoms with Crippen LogP contribution in [0.3, 0.4) is 0 Å². The molecule has 1 aromatic rings. The number of rotatable bonds is 13. The number of hydrogen-bond acceptors (Lipinski definition) is 5. The second-order valence-corrected chi connectivity index (χ2v) is 8.99. The van der Waals surface area contributed by atoms with Crippen molar-refractivity contribution in [3.05, 3.63) is 30.3 Å². The van der Waals surface area contributed by atoms with Crippen LogP contribution in [0.4, 0.5) is 0 Å². The minimum Gasteiger partial charge on any atom is -0.481 e. The molecule has 28 heavy (non-hydrogen) atoms. The highest BCUT2D eigenvalue weighted by Crippen LogP contribution is 2.39. The molecule has 5 atom stereocenters. The highest BCUT2D eigenvalue weighted by molar-refractivity contribution is 7.99. The molecule has 0 spiro atoms. The summed E-state index contributed by atoms with van der Waals surface area (Å²) in [6, 6.07) is 10.00. The number of hydrogen-bond donors (Lipinski definition) is 4. The molecule has 1 aliphatic carbocycles. The summed E-state index contributed by atoms with van der Waals surface area (Å²) >= 11 is 1.63. The predicted octanol–water partition coefficient (Wildman–Crippen LogP) is 3.70. The van der Waals surface area contributed by atoms with Crippen LogP contribution in [-0.2, 0) is 4.79 Å². The van der Waals surface area contributed by atoms with Gasteiger partial charge in [0, 0.05) is 17.1 Å². The molecule has 2 rings (SSSR count). The van der Waals surface area contributed by atoms with Gasteiger partial charge in [0.1, 0.15) is 0 Å². The fourth-order valence-electron chi connectivity index (χ4n) is 4.17. The molecule has 0 heterocycles. The summed E-state index contributed by atoms with van der Waals surface area (Å²) in [5.74, 6) is -0.0175. The first-order valence-corrected chi connectivity index (χ1v) is 11.4. The van der Waals surface area contributed by atoms with Gasteiger partial charge in [-0.05, 0) is 56.1 Å². The number of aliphatic hydroxyl groups is 3. The van der Waals surface area contributed by atoms with Crippen LogP contribution in [0.1, 0.15) is 57.8 Å². The zero-order chi connectivity index (χ0) is 20.4. The van der Waals surface area contributed by atoms with Crippen LogP contribution in [0.2, 0.25) is 0 Å². The standard InChI is InChI=1S/C22H34O5S/c23-16(15-28-17-8-4-3-5-9-17)12-13-19-18(20(24)14-21(19)25)10-6-1-2-7-11-22(26)27/h3-5,8-9,16,18-21,23-25H,1-2,6-7,10-15H2,(H,26,27)/t16?,18?,19-,20?,21?/m1/s1. The zero-order valence-electron chi connectivity index (χ0n) is 16.4. The Balaban J connectivity index is 1.69. The summed E-state index contributed by atoms with van der Waals surface area (Å²) in [4.78, 5) is 11.7. The average molecular weight is 411 g/mol. The molecule has 0 saturated heterocycles. The Morgan fingerprint density at radius 3 is 2.32 bits per heavy atom. The molecule has 1 fully saturated rings. The largest absolute Gasteiger partial charge is 0.481 e. The van der Waals surface area contributed by atoms with Crippen molar-refractivity contribution >= 4 is 17.7 Å². The molecule has 6 heteroatoms. The number of aliphatic carboxylic acids is 1. The molecule has 0 aliphatic heterocycles. The Kier molecular flexibility index (Phi) is 10.3. The lowest BCUT2D eigenvalue weighted by Crippen LogP contribution is -2.24. The number of unbranched alkanes of at least 4 members (excludes halogenated alkanes) is 3. The van der Waals surface area contributed by atoms with Crippen LogP contribution in [0, 0.1) is 11.8 Å². The van der Waals surface area contributed by atoms with Crippen LogP contribution in [0.5, 0.6) is 0 Å². The molecule has 1 aromatic carbocycles. The first-order valence-electron chi connectivity index (χ1n) is 10.4. The van der Waals surface area contributed by atoms with Gasteiger partial charge in [0.2, 0.25) is 0 Å². The molecule has 0 amide bonds. The Morgan fingerprint density at radius 2 is 1.64 bits per heavy atom. The van der Waals surface area contributed by atoms with Gasteiger partial charge in [-0.1, -0.05) is 37.5 Å². The Bertz CT molecular complexity index is 567. The van der Waals surface area contributed by atoms with E-state index in [0.717, 1.165) is 37.0 Å². The maximum atomic E-state index is 10.5. The molecule has 4 unspecified atom stereocenters. The van der Waals surface area contributed by atoms with Crippen LogP contribution in [0.25, 0.3) is 0 Å². The van der Waals surface area contributed by atoms with Crippen LogP contribution in [-0.4, -0.2) is 50.5 Å². The summed E-state index contributed by atoms with van der Waals surface area (Å²) in [7, 11) is 0. The fraction of sp³-hybridized carbons (Fsp3) is 0.682. The van der Waals surface area contributed by atoms with Crippen LogP contribution >= 0.6 is 11.8 Å². The molecule has 4 N–H and O–H groups in total. The van der Waals surface area contributed by atoms with Crippen molar-refractivity contribution in [2.45, 2.75) is 81.0 Å². The number of carboxylic acids is 1. The van der Waals surface area contributed by atoms with Crippen molar-refractivity contribution in [3.8, 4) is 0 Å². The van der Waals surface area contributed by atoms with Crippen molar-refractivity contribution in [1.82, 2.24) is 0 Å². The number of thioether (sulfide) groups is 1. The van der Waals surface area contributed by atoms with E-state index in [9.17, 15) is 20.1 Å². The molecular formula is C22H34O5S.